The van der Waals surface area contributed by atoms with E-state index in [1.54, 1.807) is 0 Å². The van der Waals surface area contributed by atoms with E-state index in [2.05, 4.69) is 0 Å². The number of likely N-dealkylation sites (N-methyl/N-ethyl adjacent to an activating group) is 1. The SMILES string of the molecule is CN1CCC(N(CCN)CC(F)(F)F)C1. The number of nitrogens with zero attached hydrogens (tertiary/aromatic N) is 2. The van der Waals surface area contributed by atoms with E-state index in [1.807, 2.05) is 11.9 Å². The van der Waals surface area contributed by atoms with Crippen LogP contribution in [0.2, 0.25) is 0 Å². The Kier molecular flexibility index (Phi) is 4.36. The van der Waals surface area contributed by atoms with E-state index in [4.69, 9.17) is 5.73 Å². The zero-order valence-electron chi connectivity index (χ0n) is 8.93. The number of likely N-dealkylation sites (tertiary alicyclic amines) is 1. The molecule has 1 fully saturated rings. The highest BCUT2D eigenvalue weighted by molar-refractivity contribution is 4.83. The number of hydrogen-bond acceptors (Lipinski definition) is 3. The van der Waals surface area contributed by atoms with Crippen LogP contribution in [-0.2, 0) is 0 Å². The molecule has 1 saturated heterocycles. The Morgan fingerprint density at radius 3 is 2.53 bits per heavy atom. The molecular weight excluding hydrogens is 207 g/mol. The van der Waals surface area contributed by atoms with Crippen LogP contribution < -0.4 is 5.73 Å². The molecule has 6 heteroatoms. The molecule has 0 spiro atoms. The molecule has 0 aromatic heterocycles. The molecule has 0 radical (unpaired) electrons. The van der Waals surface area contributed by atoms with Crippen molar-refractivity contribution in [1.82, 2.24) is 9.80 Å². The Morgan fingerprint density at radius 1 is 1.47 bits per heavy atom. The largest absolute Gasteiger partial charge is 0.401 e. The summed E-state index contributed by atoms with van der Waals surface area (Å²) in [4.78, 5) is 3.49. The molecule has 0 saturated carbocycles. The van der Waals surface area contributed by atoms with Crippen molar-refractivity contribution in [2.45, 2.75) is 18.6 Å². The van der Waals surface area contributed by atoms with Crippen molar-refractivity contribution >= 4 is 0 Å². The lowest BCUT2D eigenvalue weighted by molar-refractivity contribution is -0.150. The van der Waals surface area contributed by atoms with E-state index >= 15 is 0 Å². The first-order valence-corrected chi connectivity index (χ1v) is 5.12. The summed E-state index contributed by atoms with van der Waals surface area (Å²) in [5.74, 6) is 0. The molecule has 1 aliphatic rings. The molecule has 1 rings (SSSR count). The molecular formula is C9H18F3N3. The van der Waals surface area contributed by atoms with Crippen LogP contribution in [0, 0.1) is 0 Å². The van der Waals surface area contributed by atoms with Gasteiger partial charge in [-0.1, -0.05) is 0 Å². The Labute approximate surface area is 88.0 Å². The third-order valence-electron chi connectivity index (χ3n) is 2.68. The van der Waals surface area contributed by atoms with Crippen molar-refractivity contribution in [3.05, 3.63) is 0 Å². The van der Waals surface area contributed by atoms with Gasteiger partial charge in [0.15, 0.2) is 0 Å². The van der Waals surface area contributed by atoms with Gasteiger partial charge in [-0.3, -0.25) is 4.90 Å². The number of nitrogens with two attached hydrogens (primary N) is 1. The van der Waals surface area contributed by atoms with Crippen molar-refractivity contribution in [1.29, 1.82) is 0 Å². The van der Waals surface area contributed by atoms with Crippen LogP contribution >= 0.6 is 0 Å². The number of halogens is 3. The second-order valence-electron chi connectivity index (χ2n) is 4.08. The molecule has 2 N–H and O–H groups in total. The van der Waals surface area contributed by atoms with E-state index in [1.165, 1.54) is 4.90 Å². The number of alkyl halides is 3. The summed E-state index contributed by atoms with van der Waals surface area (Å²) < 4.78 is 36.9. The quantitative estimate of drug-likeness (QED) is 0.757. The lowest BCUT2D eigenvalue weighted by Gasteiger charge is -2.29. The monoisotopic (exact) mass is 225 g/mol. The standard InChI is InChI=1S/C9H18F3N3/c1-14-4-2-8(6-14)15(5-3-13)7-9(10,11)12/h8H,2-7,13H2,1H3. The van der Waals surface area contributed by atoms with Crippen LogP contribution in [0.5, 0.6) is 0 Å². The van der Waals surface area contributed by atoms with Crippen LogP contribution in [0.3, 0.4) is 0 Å². The lowest BCUT2D eigenvalue weighted by atomic mass is 10.2. The average molecular weight is 225 g/mol. The molecule has 0 aromatic rings. The predicted octanol–water partition coefficient (Wildman–Crippen LogP) is 0.514. The van der Waals surface area contributed by atoms with Gasteiger partial charge in [-0.15, -0.1) is 0 Å². The van der Waals surface area contributed by atoms with Gasteiger partial charge in [-0.25, -0.2) is 0 Å². The van der Waals surface area contributed by atoms with E-state index in [0.717, 1.165) is 13.0 Å². The van der Waals surface area contributed by atoms with Gasteiger partial charge in [-0.2, -0.15) is 13.2 Å². The Balaban J connectivity index is 2.50. The van der Waals surface area contributed by atoms with Gasteiger partial charge in [0.05, 0.1) is 6.54 Å². The molecule has 15 heavy (non-hydrogen) atoms. The maximum absolute atomic E-state index is 12.3. The van der Waals surface area contributed by atoms with Gasteiger partial charge in [-0.05, 0) is 20.0 Å². The Morgan fingerprint density at radius 2 is 2.13 bits per heavy atom. The fraction of sp³-hybridized carbons (Fsp3) is 1.00. The minimum absolute atomic E-state index is 0.000162. The van der Waals surface area contributed by atoms with Crippen molar-refractivity contribution in [3.8, 4) is 0 Å². The molecule has 0 aromatic carbocycles. The fourth-order valence-corrected chi connectivity index (χ4v) is 2.00. The summed E-state index contributed by atoms with van der Waals surface area (Å²) >= 11 is 0. The molecule has 1 unspecified atom stereocenters. The molecule has 0 aliphatic carbocycles. The zero-order valence-corrected chi connectivity index (χ0v) is 8.93. The van der Waals surface area contributed by atoms with E-state index in [9.17, 15) is 13.2 Å². The third-order valence-corrected chi connectivity index (χ3v) is 2.68. The Bertz CT molecular complexity index is 196. The van der Waals surface area contributed by atoms with Gasteiger partial charge in [0.25, 0.3) is 0 Å². The van der Waals surface area contributed by atoms with Gasteiger partial charge in [0, 0.05) is 25.7 Å². The molecule has 1 atom stereocenters. The third kappa shape index (κ3) is 4.36. The van der Waals surface area contributed by atoms with Gasteiger partial charge in [0.1, 0.15) is 0 Å². The molecule has 3 nitrogen and oxygen atoms in total. The summed E-state index contributed by atoms with van der Waals surface area (Å²) in [5.41, 5.74) is 5.33. The molecule has 1 heterocycles. The maximum atomic E-state index is 12.3. The summed E-state index contributed by atoms with van der Waals surface area (Å²) in [7, 11) is 1.92. The van der Waals surface area contributed by atoms with E-state index in [-0.39, 0.29) is 12.6 Å². The van der Waals surface area contributed by atoms with Crippen LogP contribution in [0.1, 0.15) is 6.42 Å². The summed E-state index contributed by atoms with van der Waals surface area (Å²) in [5, 5.41) is 0. The van der Waals surface area contributed by atoms with Crippen molar-refractivity contribution in [2.75, 3.05) is 39.8 Å². The van der Waals surface area contributed by atoms with Crippen molar-refractivity contribution in [2.24, 2.45) is 5.73 Å². The lowest BCUT2D eigenvalue weighted by Crippen LogP contribution is -2.45. The molecule has 90 valence electrons. The fourth-order valence-electron chi connectivity index (χ4n) is 2.00. The summed E-state index contributed by atoms with van der Waals surface area (Å²) in [6.45, 7) is 1.32. The molecule has 0 bridgehead atoms. The van der Waals surface area contributed by atoms with Gasteiger partial charge in [0.2, 0.25) is 0 Å². The minimum Gasteiger partial charge on any atom is -0.329 e. The first-order chi connectivity index (χ1) is 6.92. The van der Waals surface area contributed by atoms with Crippen molar-refractivity contribution in [3.63, 3.8) is 0 Å². The first-order valence-electron chi connectivity index (χ1n) is 5.12. The maximum Gasteiger partial charge on any atom is 0.401 e. The van der Waals surface area contributed by atoms with Crippen molar-refractivity contribution < 1.29 is 13.2 Å². The second kappa shape index (κ2) is 5.14. The van der Waals surface area contributed by atoms with Crippen LogP contribution in [0.4, 0.5) is 13.2 Å². The summed E-state index contributed by atoms with van der Waals surface area (Å²) in [6.07, 6.45) is -3.33. The smallest absolute Gasteiger partial charge is 0.329 e. The highest BCUT2D eigenvalue weighted by Crippen LogP contribution is 2.21. The predicted molar refractivity (Wildman–Crippen MR) is 52.6 cm³/mol. The Hall–Kier alpha value is -0.330. The highest BCUT2D eigenvalue weighted by Gasteiger charge is 2.35. The average Bonchev–Trinajstić information content (AvgIpc) is 2.48. The normalized spacial score (nSPS) is 24.0. The first kappa shape index (κ1) is 12.7. The zero-order chi connectivity index (χ0) is 11.5. The van der Waals surface area contributed by atoms with Crippen LogP contribution in [-0.4, -0.2) is 61.8 Å². The van der Waals surface area contributed by atoms with Gasteiger partial charge < -0.3 is 10.6 Å². The van der Waals surface area contributed by atoms with Gasteiger partial charge >= 0.3 is 6.18 Å². The highest BCUT2D eigenvalue weighted by atomic mass is 19.4. The topological polar surface area (TPSA) is 32.5 Å². The number of hydrogen-bond donors (Lipinski definition) is 1. The molecule has 1 aliphatic heterocycles. The molecule has 0 amide bonds. The second-order valence-corrected chi connectivity index (χ2v) is 4.08. The van der Waals surface area contributed by atoms with Crippen LogP contribution in [0.25, 0.3) is 0 Å². The summed E-state index contributed by atoms with van der Waals surface area (Å²) in [6, 6.07) is 0.000162. The van der Waals surface area contributed by atoms with E-state index < -0.39 is 12.7 Å². The van der Waals surface area contributed by atoms with E-state index in [0.29, 0.717) is 13.1 Å². The minimum atomic E-state index is -4.13. The van der Waals surface area contributed by atoms with Crippen LogP contribution in [0.15, 0.2) is 0 Å². The number of rotatable bonds is 4.